The predicted molar refractivity (Wildman–Crippen MR) is 96.2 cm³/mol. The molecule has 0 aliphatic rings. The number of aryl methyl sites for hydroxylation is 2. The van der Waals surface area contributed by atoms with Crippen molar-refractivity contribution in [1.29, 1.82) is 0 Å². The Morgan fingerprint density at radius 2 is 1.75 bits per heavy atom. The van der Waals surface area contributed by atoms with Crippen LogP contribution in [-0.2, 0) is 10.0 Å². The van der Waals surface area contributed by atoms with Crippen LogP contribution in [0, 0.1) is 13.8 Å². The lowest BCUT2D eigenvalue weighted by molar-refractivity contribution is 0.0955. The zero-order valence-corrected chi connectivity index (χ0v) is 15.3. The van der Waals surface area contributed by atoms with E-state index in [0.717, 1.165) is 5.56 Å². The lowest BCUT2D eigenvalue weighted by Crippen LogP contribution is -2.24. The summed E-state index contributed by atoms with van der Waals surface area (Å²) < 4.78 is 27.6. The molecule has 1 amide bonds. The van der Waals surface area contributed by atoms with Crippen molar-refractivity contribution in [1.82, 2.24) is 5.32 Å². The average molecular weight is 367 g/mol. The molecule has 5 nitrogen and oxygen atoms in total. The summed E-state index contributed by atoms with van der Waals surface area (Å²) in [5.74, 6) is -0.301. The first-order chi connectivity index (χ1) is 11.2. The average Bonchev–Trinajstić information content (AvgIpc) is 2.51. The van der Waals surface area contributed by atoms with Gasteiger partial charge in [-0.25, -0.2) is 8.42 Å². The third-order valence-electron chi connectivity index (χ3n) is 3.53. The van der Waals surface area contributed by atoms with Crippen molar-refractivity contribution in [3.63, 3.8) is 0 Å². The minimum Gasteiger partial charge on any atom is -0.352 e. The van der Waals surface area contributed by atoms with E-state index in [1.54, 1.807) is 38.1 Å². The second-order valence-electron chi connectivity index (χ2n) is 5.41. The maximum atomic E-state index is 12.6. The van der Waals surface area contributed by atoms with Crippen molar-refractivity contribution >= 4 is 33.2 Å². The van der Waals surface area contributed by atoms with Gasteiger partial charge in [-0.2, -0.15) is 0 Å². The van der Waals surface area contributed by atoms with Gasteiger partial charge in [0.25, 0.3) is 15.9 Å². The summed E-state index contributed by atoms with van der Waals surface area (Å²) in [6.45, 7) is 5.86. The molecule has 0 saturated carbocycles. The van der Waals surface area contributed by atoms with Crippen LogP contribution in [0.3, 0.4) is 0 Å². The zero-order chi connectivity index (χ0) is 17.9. The van der Waals surface area contributed by atoms with Crippen molar-refractivity contribution in [3.8, 4) is 0 Å². The maximum absolute atomic E-state index is 12.6. The third-order valence-corrected chi connectivity index (χ3v) is 5.31. The number of amides is 1. The number of hydrogen-bond acceptors (Lipinski definition) is 3. The Kier molecular flexibility index (Phi) is 5.51. The Labute approximate surface area is 147 Å². The van der Waals surface area contributed by atoms with Gasteiger partial charge in [0.15, 0.2) is 0 Å². The van der Waals surface area contributed by atoms with Gasteiger partial charge in [-0.3, -0.25) is 9.52 Å². The fourth-order valence-corrected chi connectivity index (χ4v) is 3.39. The van der Waals surface area contributed by atoms with E-state index in [4.69, 9.17) is 11.6 Å². The van der Waals surface area contributed by atoms with E-state index in [-0.39, 0.29) is 10.8 Å². The monoisotopic (exact) mass is 366 g/mol. The number of hydrogen-bond donors (Lipinski definition) is 2. The van der Waals surface area contributed by atoms with Crippen LogP contribution in [0.2, 0.25) is 5.02 Å². The molecule has 0 unspecified atom stereocenters. The molecule has 0 aliphatic carbocycles. The van der Waals surface area contributed by atoms with E-state index in [0.29, 0.717) is 28.4 Å². The molecular formula is C17H19ClN2O3S. The summed E-state index contributed by atoms with van der Waals surface area (Å²) >= 11 is 6.02. The van der Waals surface area contributed by atoms with Crippen molar-refractivity contribution in [3.05, 3.63) is 58.1 Å². The van der Waals surface area contributed by atoms with Crippen LogP contribution >= 0.6 is 11.6 Å². The third kappa shape index (κ3) is 4.07. The van der Waals surface area contributed by atoms with Crippen LogP contribution in [0.1, 0.15) is 28.4 Å². The maximum Gasteiger partial charge on any atom is 0.261 e. The summed E-state index contributed by atoms with van der Waals surface area (Å²) in [6.07, 6.45) is 0. The minimum absolute atomic E-state index is 0.0195. The van der Waals surface area contributed by atoms with Crippen LogP contribution in [0.15, 0.2) is 41.3 Å². The molecule has 0 saturated heterocycles. The fraction of sp³-hybridized carbons (Fsp3) is 0.235. The smallest absolute Gasteiger partial charge is 0.261 e. The number of halogens is 1. The first-order valence-corrected chi connectivity index (χ1v) is 9.28. The molecule has 0 bridgehead atoms. The predicted octanol–water partition coefficient (Wildman–Crippen LogP) is 3.51. The molecule has 2 aromatic carbocycles. The number of anilines is 1. The van der Waals surface area contributed by atoms with Gasteiger partial charge in [0, 0.05) is 17.1 Å². The van der Waals surface area contributed by atoms with Crippen LogP contribution < -0.4 is 10.0 Å². The minimum atomic E-state index is -3.82. The number of rotatable bonds is 5. The molecule has 128 valence electrons. The lowest BCUT2D eigenvalue weighted by atomic mass is 10.1. The first-order valence-electron chi connectivity index (χ1n) is 7.42. The van der Waals surface area contributed by atoms with Gasteiger partial charge in [0.2, 0.25) is 0 Å². The van der Waals surface area contributed by atoms with Gasteiger partial charge in [-0.1, -0.05) is 23.7 Å². The van der Waals surface area contributed by atoms with Gasteiger partial charge in [0.05, 0.1) is 10.6 Å². The highest BCUT2D eigenvalue weighted by molar-refractivity contribution is 7.92. The lowest BCUT2D eigenvalue weighted by Gasteiger charge is -2.12. The van der Waals surface area contributed by atoms with E-state index >= 15 is 0 Å². The van der Waals surface area contributed by atoms with E-state index in [2.05, 4.69) is 10.0 Å². The molecular weight excluding hydrogens is 348 g/mol. The second kappa shape index (κ2) is 7.23. The van der Waals surface area contributed by atoms with Gasteiger partial charge >= 0.3 is 0 Å². The van der Waals surface area contributed by atoms with Crippen LogP contribution in [0.25, 0.3) is 0 Å². The van der Waals surface area contributed by atoms with Gasteiger partial charge < -0.3 is 5.32 Å². The normalized spacial score (nSPS) is 11.2. The fourth-order valence-electron chi connectivity index (χ4n) is 2.14. The molecule has 24 heavy (non-hydrogen) atoms. The molecule has 2 N–H and O–H groups in total. The summed E-state index contributed by atoms with van der Waals surface area (Å²) in [5, 5.41) is 3.15. The molecule has 0 fully saturated rings. The second-order valence-corrected chi connectivity index (χ2v) is 7.50. The zero-order valence-electron chi connectivity index (χ0n) is 13.7. The van der Waals surface area contributed by atoms with E-state index in [1.807, 2.05) is 6.92 Å². The van der Waals surface area contributed by atoms with Gasteiger partial charge in [-0.15, -0.1) is 0 Å². The largest absolute Gasteiger partial charge is 0.352 e. The highest BCUT2D eigenvalue weighted by Gasteiger charge is 2.18. The molecule has 0 aromatic heterocycles. The Morgan fingerprint density at radius 3 is 2.38 bits per heavy atom. The quantitative estimate of drug-likeness (QED) is 0.850. The van der Waals surface area contributed by atoms with Gasteiger partial charge in [0.1, 0.15) is 0 Å². The summed E-state index contributed by atoms with van der Waals surface area (Å²) in [5.41, 5.74) is 2.26. The van der Waals surface area contributed by atoms with E-state index < -0.39 is 10.0 Å². The van der Waals surface area contributed by atoms with Crippen molar-refractivity contribution in [2.45, 2.75) is 25.7 Å². The van der Waals surface area contributed by atoms with E-state index in [1.165, 1.54) is 12.1 Å². The van der Waals surface area contributed by atoms with Crippen molar-refractivity contribution in [2.24, 2.45) is 0 Å². The number of carbonyl (C=O) groups is 1. The molecule has 2 aromatic rings. The Hall–Kier alpha value is -2.05. The van der Waals surface area contributed by atoms with Crippen LogP contribution in [0.4, 0.5) is 5.69 Å². The molecule has 2 rings (SSSR count). The van der Waals surface area contributed by atoms with E-state index in [9.17, 15) is 13.2 Å². The Bertz CT molecular complexity index is 879. The van der Waals surface area contributed by atoms with Crippen molar-refractivity contribution in [2.75, 3.05) is 11.3 Å². The number of benzene rings is 2. The van der Waals surface area contributed by atoms with Gasteiger partial charge in [-0.05, 0) is 56.2 Å². The number of sulfonamides is 1. The van der Waals surface area contributed by atoms with Crippen molar-refractivity contribution < 1.29 is 13.2 Å². The summed E-state index contributed by atoms with van der Waals surface area (Å²) in [6, 6.07) is 9.37. The Balaban J connectivity index is 2.36. The highest BCUT2D eigenvalue weighted by atomic mass is 35.5. The summed E-state index contributed by atoms with van der Waals surface area (Å²) in [4.78, 5) is 12.1. The standard InChI is InChI=1S/C17H19ClN2O3S/c1-4-19-17(21)15-10-14(8-6-11(15)2)24(22,23)20-13-7-5-12(3)16(18)9-13/h5-10,20H,4H2,1-3H3,(H,19,21). The van der Waals surface area contributed by atoms with Crippen LogP contribution in [0.5, 0.6) is 0 Å². The topological polar surface area (TPSA) is 75.3 Å². The first kappa shape index (κ1) is 18.3. The number of nitrogens with one attached hydrogen (secondary N) is 2. The molecule has 0 atom stereocenters. The molecule has 0 aliphatic heterocycles. The number of carbonyl (C=O) groups excluding carboxylic acids is 1. The SMILES string of the molecule is CCNC(=O)c1cc(S(=O)(=O)Nc2ccc(C)c(Cl)c2)ccc1C. The highest BCUT2D eigenvalue weighted by Crippen LogP contribution is 2.23. The molecule has 0 radical (unpaired) electrons. The molecule has 0 spiro atoms. The Morgan fingerprint density at radius 1 is 1.08 bits per heavy atom. The van der Waals surface area contributed by atoms with Crippen LogP contribution in [-0.4, -0.2) is 20.9 Å². The molecule has 7 heteroatoms. The summed E-state index contributed by atoms with van der Waals surface area (Å²) in [7, 11) is -3.82. The molecule has 0 heterocycles.